The number of hydrogen-bond acceptors (Lipinski definition) is 10. The van der Waals surface area contributed by atoms with Crippen LogP contribution >= 0.6 is 7.60 Å². The van der Waals surface area contributed by atoms with Crippen LogP contribution in [0.1, 0.15) is 6.92 Å². The quantitative estimate of drug-likeness (QED) is 0.442. The minimum absolute atomic E-state index is 0.0219. The lowest BCUT2D eigenvalue weighted by Gasteiger charge is -2.29. The predicted octanol–water partition coefficient (Wildman–Crippen LogP) is 1.78. The molecule has 0 spiro atoms. The number of imidazole rings is 1. The first-order valence-corrected chi connectivity index (χ1v) is 11.5. The van der Waals surface area contributed by atoms with Gasteiger partial charge in [-0.15, -0.1) is 0 Å². The molecule has 162 valence electrons. The molecule has 2 aromatic rings. The molecule has 0 aliphatic carbocycles. The molecule has 2 atom stereocenters. The maximum Gasteiger partial charge on any atom is 0.375 e. The molecule has 30 heavy (non-hydrogen) atoms. The number of ether oxygens (including phenoxy) is 2. The van der Waals surface area contributed by atoms with Gasteiger partial charge < -0.3 is 28.6 Å². The molecule has 0 bridgehead atoms. The van der Waals surface area contributed by atoms with Crippen LogP contribution in [-0.2, 0) is 43.5 Å². The lowest BCUT2D eigenvalue weighted by molar-refractivity contribution is -0.170. The van der Waals surface area contributed by atoms with E-state index >= 15 is 0 Å². The summed E-state index contributed by atoms with van der Waals surface area (Å²) in [6.45, 7) is 1.36. The van der Waals surface area contributed by atoms with Crippen molar-refractivity contribution in [3.8, 4) is 0 Å². The summed E-state index contributed by atoms with van der Waals surface area (Å²) in [5, 5.41) is 9.46. The largest absolute Gasteiger partial charge is 0.501 e. The Kier molecular flexibility index (Phi) is 6.14. The zero-order valence-electron chi connectivity index (χ0n) is 16.2. The number of para-hydroxylation sites is 2. The lowest BCUT2D eigenvalue weighted by atomic mass is 10.1. The highest BCUT2D eigenvalue weighted by Gasteiger charge is 2.63. The third-order valence-electron chi connectivity index (χ3n) is 4.34. The van der Waals surface area contributed by atoms with Crippen LogP contribution in [0.25, 0.3) is 11.0 Å². The molecule has 0 amide bonds. The van der Waals surface area contributed by atoms with Gasteiger partial charge in [0, 0.05) is 14.2 Å². The van der Waals surface area contributed by atoms with E-state index in [2.05, 4.69) is 9.97 Å². The molecule has 1 aromatic carbocycles. The Balaban J connectivity index is 2.12. The number of esters is 2. The smallest absolute Gasteiger partial charge is 0.375 e. The number of carbonyl (C=O) groups is 2. The summed E-state index contributed by atoms with van der Waals surface area (Å²) in [4.78, 5) is 32.0. The Morgan fingerprint density at radius 3 is 2.60 bits per heavy atom. The Morgan fingerprint density at radius 1 is 1.33 bits per heavy atom. The van der Waals surface area contributed by atoms with Crippen LogP contribution in [0.4, 0.5) is 0 Å². The molecular weight excluding hydrogens is 439 g/mol. The summed E-state index contributed by atoms with van der Waals surface area (Å²) in [7, 11) is -4.46. The second kappa shape index (κ2) is 8.31. The van der Waals surface area contributed by atoms with E-state index in [1.807, 2.05) is 0 Å². The summed E-state index contributed by atoms with van der Waals surface area (Å²) >= 11 is 0. The molecule has 0 radical (unpaired) electrons. The fourth-order valence-electron chi connectivity index (χ4n) is 2.98. The number of hydrogen-bond donors (Lipinski definition) is 2. The molecule has 0 fully saturated rings. The number of nitrogens with one attached hydrogen (secondary N) is 1. The first kappa shape index (κ1) is 22.2. The normalized spacial score (nSPS) is 20.4. The number of aromatic amines is 1. The second-order valence-corrected chi connectivity index (χ2v) is 9.58. The minimum Gasteiger partial charge on any atom is -0.501 e. The van der Waals surface area contributed by atoms with E-state index in [1.165, 1.54) is 6.92 Å². The van der Waals surface area contributed by atoms with Gasteiger partial charge in [-0.2, -0.15) is 0 Å². The van der Waals surface area contributed by atoms with Gasteiger partial charge in [0.05, 0.1) is 34.2 Å². The minimum atomic E-state index is -4.38. The highest BCUT2D eigenvalue weighted by Crippen LogP contribution is 2.62. The summed E-state index contributed by atoms with van der Waals surface area (Å²) in [6.07, 6.45) is 0. The van der Waals surface area contributed by atoms with Gasteiger partial charge in [0.1, 0.15) is 5.31 Å². The van der Waals surface area contributed by atoms with Gasteiger partial charge in [-0.1, -0.05) is 12.1 Å². The van der Waals surface area contributed by atoms with E-state index in [9.17, 15) is 23.5 Å². The maximum absolute atomic E-state index is 13.1. The van der Waals surface area contributed by atoms with E-state index in [4.69, 9.17) is 18.5 Å². The molecule has 13 heteroatoms. The van der Waals surface area contributed by atoms with Crippen molar-refractivity contribution in [1.82, 2.24) is 9.97 Å². The van der Waals surface area contributed by atoms with Gasteiger partial charge in [0.25, 0.3) is 5.60 Å². The number of carbonyl (C=O) groups excluding carboxylic acids is 2. The van der Waals surface area contributed by atoms with Crippen LogP contribution in [0, 0.1) is 0 Å². The van der Waals surface area contributed by atoms with Crippen molar-refractivity contribution in [2.24, 2.45) is 0 Å². The number of H-pyrrole nitrogens is 1. The number of nitrogens with zero attached hydrogens (tertiary/aromatic N) is 1. The van der Waals surface area contributed by atoms with Crippen molar-refractivity contribution in [2.45, 2.75) is 17.7 Å². The van der Waals surface area contributed by atoms with Gasteiger partial charge in [-0.3, -0.25) is 8.77 Å². The van der Waals surface area contributed by atoms with Gasteiger partial charge in [-0.05, 0) is 19.1 Å². The van der Waals surface area contributed by atoms with Gasteiger partial charge >= 0.3 is 19.5 Å². The number of aromatic nitrogens is 2. The summed E-state index contributed by atoms with van der Waals surface area (Å²) in [6, 6.07) is 6.88. The Bertz CT molecular complexity index is 1070. The number of rotatable bonds is 8. The summed E-state index contributed by atoms with van der Waals surface area (Å²) in [5.41, 5.74) is -1.39. The molecular formula is C17H19N2O9PS. The first-order valence-electron chi connectivity index (χ1n) is 8.62. The number of cyclic esters (lactones) is 1. The third kappa shape index (κ3) is 3.56. The average molecular weight is 458 g/mol. The zero-order chi connectivity index (χ0) is 22.1. The number of aliphatic hydroxyl groups is 1. The molecule has 3 rings (SSSR count). The van der Waals surface area contributed by atoms with Crippen LogP contribution in [0.5, 0.6) is 0 Å². The van der Waals surface area contributed by atoms with Gasteiger partial charge in [-0.25, -0.2) is 14.6 Å². The summed E-state index contributed by atoms with van der Waals surface area (Å²) in [5.74, 6) is -4.41. The Hall–Kier alpha value is -2.53. The van der Waals surface area contributed by atoms with Crippen LogP contribution in [0.3, 0.4) is 0 Å². The topological polar surface area (TPSA) is 154 Å². The molecule has 2 unspecified atom stereocenters. The molecule has 1 aliphatic heterocycles. The number of aliphatic hydroxyl groups excluding tert-OH is 1. The third-order valence-corrected chi connectivity index (χ3v) is 7.72. The Labute approximate surface area is 173 Å². The Morgan fingerprint density at radius 2 is 2.00 bits per heavy atom. The van der Waals surface area contributed by atoms with Crippen LogP contribution in [-0.4, -0.2) is 63.4 Å². The molecule has 0 saturated carbocycles. The summed E-state index contributed by atoms with van der Waals surface area (Å²) < 4.78 is 46.0. The van der Waals surface area contributed by atoms with Gasteiger partial charge in [0.15, 0.2) is 5.16 Å². The van der Waals surface area contributed by atoms with E-state index in [-0.39, 0.29) is 11.8 Å². The first-order chi connectivity index (χ1) is 14.2. The molecule has 2 N–H and O–H groups in total. The van der Waals surface area contributed by atoms with Crippen molar-refractivity contribution >= 4 is 41.4 Å². The highest BCUT2D eigenvalue weighted by atomic mass is 32.2. The van der Waals surface area contributed by atoms with E-state index in [1.54, 1.807) is 24.3 Å². The van der Waals surface area contributed by atoms with Crippen molar-refractivity contribution in [1.29, 1.82) is 0 Å². The molecule has 2 heterocycles. The molecule has 11 nitrogen and oxygen atoms in total. The van der Waals surface area contributed by atoms with Crippen LogP contribution in [0.2, 0.25) is 0 Å². The van der Waals surface area contributed by atoms with Crippen molar-refractivity contribution in [2.75, 3.05) is 26.6 Å². The fraction of sp³-hybridized carbons (Fsp3) is 0.353. The van der Waals surface area contributed by atoms with E-state index in [0.717, 1.165) is 14.2 Å². The number of benzene rings is 1. The maximum atomic E-state index is 13.1. The molecule has 1 aliphatic rings. The molecule has 0 saturated heterocycles. The highest BCUT2D eigenvalue weighted by molar-refractivity contribution is 7.85. The van der Waals surface area contributed by atoms with Crippen molar-refractivity contribution < 1.29 is 42.0 Å². The number of fused-ring (bicyclic) bond motifs is 1. The fourth-order valence-corrected chi connectivity index (χ4v) is 5.87. The van der Waals surface area contributed by atoms with Crippen molar-refractivity contribution in [3.63, 3.8) is 0 Å². The molecule has 1 aromatic heterocycles. The average Bonchev–Trinajstić information content (AvgIpc) is 3.28. The zero-order valence-corrected chi connectivity index (χ0v) is 18.0. The SMILES string of the molecule is CCOC(=O)C1(CS(=O)c2nc3ccccc3[nH]2)OC(=O)C(O)=C1P(=O)(OC)OC. The second-order valence-electron chi connectivity index (χ2n) is 6.05. The monoisotopic (exact) mass is 458 g/mol. The van der Waals surface area contributed by atoms with Gasteiger partial charge in [0.2, 0.25) is 5.76 Å². The standard InChI is InChI=1S/C17H19N2O9PS/c1-4-27-15(22)17(13(12(20)14(21)28-17)29(23,25-2)26-3)9-30(24)16-18-10-7-5-6-8-11(10)19-16/h5-8,20H,4,9H2,1-3H3,(H,18,19). The van der Waals surface area contributed by atoms with Crippen LogP contribution < -0.4 is 0 Å². The van der Waals surface area contributed by atoms with Crippen LogP contribution in [0.15, 0.2) is 40.5 Å². The van der Waals surface area contributed by atoms with E-state index in [0.29, 0.717) is 11.0 Å². The van der Waals surface area contributed by atoms with E-state index < -0.39 is 52.8 Å². The predicted molar refractivity (Wildman–Crippen MR) is 104 cm³/mol. The lowest BCUT2D eigenvalue weighted by Crippen LogP contribution is -2.47. The van der Waals surface area contributed by atoms with Crippen molar-refractivity contribution in [3.05, 3.63) is 35.3 Å².